The maximum atomic E-state index is 12.1. The molecule has 1 N–H and O–H groups in total. The van der Waals surface area contributed by atoms with E-state index >= 15 is 0 Å². The van der Waals surface area contributed by atoms with Gasteiger partial charge in [-0.05, 0) is 36.6 Å². The van der Waals surface area contributed by atoms with Crippen LogP contribution in [-0.2, 0) is 11.2 Å². The normalized spacial score (nSPS) is 15.9. The summed E-state index contributed by atoms with van der Waals surface area (Å²) >= 11 is 0. The highest BCUT2D eigenvalue weighted by Gasteiger charge is 2.25. The number of aromatic nitrogens is 4. The molecular weight excluding hydrogens is 330 g/mol. The fraction of sp³-hybridized carbons (Fsp3) is 0.263. The van der Waals surface area contributed by atoms with E-state index < -0.39 is 0 Å². The molecule has 7 heteroatoms. The quantitative estimate of drug-likeness (QED) is 0.766. The van der Waals surface area contributed by atoms with E-state index in [1.54, 1.807) is 18.3 Å². The molecule has 0 spiro atoms. The van der Waals surface area contributed by atoms with Gasteiger partial charge >= 0.3 is 0 Å². The lowest BCUT2D eigenvalue weighted by Crippen LogP contribution is -2.22. The average Bonchev–Trinajstić information content (AvgIpc) is 3.10. The number of anilines is 1. The first-order chi connectivity index (χ1) is 12.8. The molecule has 1 aromatic carbocycles. The highest BCUT2D eigenvalue weighted by Crippen LogP contribution is 2.29. The number of aryl methyl sites for hydroxylation is 1. The molecule has 1 unspecified atom stereocenters. The minimum Gasteiger partial charge on any atom is -0.484 e. The van der Waals surface area contributed by atoms with Gasteiger partial charge in [0.1, 0.15) is 11.6 Å². The topological polar surface area (TPSA) is 81.9 Å². The molecule has 3 heterocycles. The van der Waals surface area contributed by atoms with Crippen molar-refractivity contribution in [2.45, 2.75) is 25.3 Å². The van der Waals surface area contributed by atoms with E-state index in [4.69, 9.17) is 4.74 Å². The van der Waals surface area contributed by atoms with E-state index in [-0.39, 0.29) is 18.6 Å². The summed E-state index contributed by atoms with van der Waals surface area (Å²) in [5.41, 5.74) is 1.10. The van der Waals surface area contributed by atoms with Gasteiger partial charge in [0.15, 0.2) is 6.61 Å². The summed E-state index contributed by atoms with van der Waals surface area (Å²) in [6.45, 7) is -0.0834. The van der Waals surface area contributed by atoms with Crippen molar-refractivity contribution in [3.63, 3.8) is 0 Å². The lowest BCUT2D eigenvalue weighted by Gasteiger charge is -2.23. The van der Waals surface area contributed by atoms with Gasteiger partial charge in [-0.3, -0.25) is 15.1 Å². The van der Waals surface area contributed by atoms with Crippen molar-refractivity contribution in [3.05, 3.63) is 66.2 Å². The Morgan fingerprint density at radius 3 is 2.92 bits per heavy atom. The molecule has 0 saturated heterocycles. The summed E-state index contributed by atoms with van der Waals surface area (Å²) in [6.07, 6.45) is 6.47. The summed E-state index contributed by atoms with van der Waals surface area (Å²) in [6, 6.07) is 13.3. The summed E-state index contributed by atoms with van der Waals surface area (Å²) < 4.78 is 7.35. The molecule has 1 aliphatic heterocycles. The number of hydrogen-bond donors (Lipinski definition) is 1. The molecule has 0 radical (unpaired) electrons. The highest BCUT2D eigenvalue weighted by molar-refractivity contribution is 5.90. The van der Waals surface area contributed by atoms with Crippen LogP contribution in [0.3, 0.4) is 0 Å². The van der Waals surface area contributed by atoms with Crippen molar-refractivity contribution in [3.8, 4) is 5.75 Å². The number of ether oxygens (including phenoxy) is 1. The molecule has 0 saturated carbocycles. The molecule has 0 fully saturated rings. The number of hydrogen-bond acceptors (Lipinski definition) is 5. The standard InChI is InChI=1S/C19H19N5O2/c25-18(13-26-15-7-2-1-3-8-15)22-19-21-17-10-4-9-16(24(17)23-19)14-6-5-11-20-12-14/h1-3,5-8,11-12,16H,4,9-10,13H2,(H,22,23,25). The number of fused-ring (bicyclic) bond motifs is 1. The number of benzene rings is 1. The number of nitrogens with zero attached hydrogens (tertiary/aromatic N) is 4. The molecule has 4 rings (SSSR count). The summed E-state index contributed by atoms with van der Waals surface area (Å²) in [5.74, 6) is 1.56. The largest absolute Gasteiger partial charge is 0.484 e. The Labute approximate surface area is 151 Å². The van der Waals surface area contributed by atoms with E-state index in [9.17, 15) is 4.79 Å². The second kappa shape index (κ2) is 7.35. The third-order valence-corrected chi connectivity index (χ3v) is 4.31. The average molecular weight is 349 g/mol. The van der Waals surface area contributed by atoms with E-state index in [1.165, 1.54) is 0 Å². The molecule has 3 aromatic rings. The number of pyridine rings is 1. The zero-order valence-electron chi connectivity index (χ0n) is 14.2. The molecule has 1 amide bonds. The molecule has 26 heavy (non-hydrogen) atoms. The van der Waals surface area contributed by atoms with E-state index in [0.717, 1.165) is 30.7 Å². The van der Waals surface area contributed by atoms with Crippen LogP contribution < -0.4 is 10.1 Å². The smallest absolute Gasteiger partial charge is 0.264 e. The minimum absolute atomic E-state index is 0.0834. The van der Waals surface area contributed by atoms with Crippen molar-refractivity contribution >= 4 is 11.9 Å². The molecule has 7 nitrogen and oxygen atoms in total. The number of nitrogens with one attached hydrogen (secondary N) is 1. The highest BCUT2D eigenvalue weighted by atomic mass is 16.5. The van der Waals surface area contributed by atoms with Gasteiger partial charge < -0.3 is 4.74 Å². The fourth-order valence-electron chi connectivity index (χ4n) is 3.11. The van der Waals surface area contributed by atoms with Gasteiger partial charge in [0.25, 0.3) is 5.91 Å². The van der Waals surface area contributed by atoms with Gasteiger partial charge in [-0.25, -0.2) is 4.68 Å². The van der Waals surface area contributed by atoms with Crippen LogP contribution in [0.5, 0.6) is 5.75 Å². The van der Waals surface area contributed by atoms with Crippen LogP contribution in [0.25, 0.3) is 0 Å². The van der Waals surface area contributed by atoms with Crippen molar-refractivity contribution in [1.82, 2.24) is 19.7 Å². The summed E-state index contributed by atoms with van der Waals surface area (Å²) in [5, 5.41) is 7.21. The Bertz CT molecular complexity index is 879. The Kier molecular flexibility index (Phi) is 4.59. The predicted molar refractivity (Wildman–Crippen MR) is 95.9 cm³/mol. The van der Waals surface area contributed by atoms with Gasteiger partial charge in [0, 0.05) is 18.8 Å². The van der Waals surface area contributed by atoms with Crippen LogP contribution in [-0.4, -0.2) is 32.3 Å². The molecule has 1 aliphatic rings. The van der Waals surface area contributed by atoms with E-state index in [0.29, 0.717) is 11.7 Å². The van der Waals surface area contributed by atoms with Gasteiger partial charge in [-0.1, -0.05) is 24.3 Å². The Morgan fingerprint density at radius 2 is 2.12 bits per heavy atom. The lowest BCUT2D eigenvalue weighted by molar-refractivity contribution is -0.118. The van der Waals surface area contributed by atoms with Crippen molar-refractivity contribution in [1.29, 1.82) is 0 Å². The first kappa shape index (κ1) is 16.3. The maximum Gasteiger partial charge on any atom is 0.264 e. The zero-order chi connectivity index (χ0) is 17.8. The SMILES string of the molecule is O=C(COc1ccccc1)Nc1nc2n(n1)C(c1cccnc1)CCC2. The van der Waals surface area contributed by atoms with Crippen molar-refractivity contribution < 1.29 is 9.53 Å². The molecule has 0 bridgehead atoms. The summed E-state index contributed by atoms with van der Waals surface area (Å²) in [4.78, 5) is 20.8. The third-order valence-electron chi connectivity index (χ3n) is 4.31. The number of carbonyl (C=O) groups is 1. The first-order valence-corrected chi connectivity index (χ1v) is 8.62. The van der Waals surface area contributed by atoms with Gasteiger partial charge in [-0.15, -0.1) is 5.10 Å². The van der Waals surface area contributed by atoms with Crippen molar-refractivity contribution in [2.24, 2.45) is 0 Å². The van der Waals surface area contributed by atoms with Crippen LogP contribution in [0.4, 0.5) is 5.95 Å². The summed E-state index contributed by atoms with van der Waals surface area (Å²) in [7, 11) is 0. The Balaban J connectivity index is 1.44. The number of carbonyl (C=O) groups excluding carboxylic acids is 1. The fourth-order valence-corrected chi connectivity index (χ4v) is 3.11. The zero-order valence-corrected chi connectivity index (χ0v) is 14.2. The Hall–Kier alpha value is -3.22. The second-order valence-corrected chi connectivity index (χ2v) is 6.14. The molecule has 1 atom stereocenters. The number of para-hydroxylation sites is 1. The van der Waals surface area contributed by atoms with Crippen LogP contribution >= 0.6 is 0 Å². The molecule has 2 aromatic heterocycles. The minimum atomic E-state index is -0.283. The number of rotatable bonds is 5. The van der Waals surface area contributed by atoms with Crippen LogP contribution in [0.2, 0.25) is 0 Å². The predicted octanol–water partition coefficient (Wildman–Crippen LogP) is 2.62. The van der Waals surface area contributed by atoms with Gasteiger partial charge in [0.05, 0.1) is 6.04 Å². The molecule has 0 aliphatic carbocycles. The monoisotopic (exact) mass is 349 g/mol. The van der Waals surface area contributed by atoms with Crippen LogP contribution in [0.15, 0.2) is 54.9 Å². The van der Waals surface area contributed by atoms with Gasteiger partial charge in [-0.2, -0.15) is 4.98 Å². The second-order valence-electron chi connectivity index (χ2n) is 6.14. The van der Waals surface area contributed by atoms with Crippen LogP contribution in [0, 0.1) is 0 Å². The molecule has 132 valence electrons. The Morgan fingerprint density at radius 1 is 1.23 bits per heavy atom. The first-order valence-electron chi connectivity index (χ1n) is 8.62. The van der Waals surface area contributed by atoms with E-state index in [2.05, 4.69) is 20.4 Å². The van der Waals surface area contributed by atoms with Gasteiger partial charge in [0.2, 0.25) is 5.95 Å². The number of amides is 1. The maximum absolute atomic E-state index is 12.1. The van der Waals surface area contributed by atoms with E-state index in [1.807, 2.05) is 41.2 Å². The molecular formula is C19H19N5O2. The lowest BCUT2D eigenvalue weighted by atomic mass is 9.99. The third kappa shape index (κ3) is 3.56. The van der Waals surface area contributed by atoms with Crippen LogP contribution in [0.1, 0.15) is 30.3 Å². The van der Waals surface area contributed by atoms with Crippen molar-refractivity contribution in [2.75, 3.05) is 11.9 Å².